The summed E-state index contributed by atoms with van der Waals surface area (Å²) in [5.74, 6) is -0.312. The summed E-state index contributed by atoms with van der Waals surface area (Å²) in [6.45, 7) is 6.61. The molecule has 0 aliphatic rings. The Morgan fingerprint density at radius 2 is 1.93 bits per heavy atom. The second-order valence-corrected chi connectivity index (χ2v) is 4.75. The van der Waals surface area contributed by atoms with Gasteiger partial charge in [0.2, 0.25) is 0 Å². The molecule has 0 saturated carbocycles. The molecule has 0 radical (unpaired) electrons. The molecule has 0 aliphatic carbocycles. The predicted octanol–water partition coefficient (Wildman–Crippen LogP) is 0.854. The van der Waals surface area contributed by atoms with Crippen LogP contribution in [0, 0.1) is 6.92 Å². The van der Waals surface area contributed by atoms with Crippen molar-refractivity contribution in [1.82, 2.24) is 0 Å². The first-order chi connectivity index (χ1) is 6.89. The van der Waals surface area contributed by atoms with E-state index in [-0.39, 0.29) is 5.75 Å². The molecule has 0 fully saturated rings. The topological polar surface area (TPSA) is 61.1 Å². The molecular weight excluding hydrogens is 214 g/mol. The molecular formula is C10H17NO3S. The molecule has 0 atom stereocenters. The molecule has 0 bridgehead atoms. The summed E-state index contributed by atoms with van der Waals surface area (Å²) in [4.78, 5) is 0. The van der Waals surface area contributed by atoms with Crippen molar-refractivity contribution < 1.29 is 17.5 Å². The maximum Gasteiger partial charge on any atom is 0.171 e. The van der Waals surface area contributed by atoms with E-state index in [1.165, 1.54) is 12.5 Å². The number of aromatic nitrogens is 1. The Bertz CT molecular complexity index is 387. The number of hydrogen-bond donors (Lipinski definition) is 0. The summed E-state index contributed by atoms with van der Waals surface area (Å²) < 4.78 is 30.5. The van der Waals surface area contributed by atoms with Crippen LogP contribution in [0.1, 0.15) is 19.4 Å². The standard InChI is InChI=1S/C8H12N.C2H6O3S/c1-3-9-6-4-5-8(2)7-9;1-2-6(3,4)5/h4-7H,3H2,1-2H3;2H2,1H3,(H,3,4,5)/q+1;/p-1. The van der Waals surface area contributed by atoms with Crippen LogP contribution in [-0.4, -0.2) is 18.7 Å². The fourth-order valence-corrected chi connectivity index (χ4v) is 0.850. The normalized spacial score (nSPS) is 10.4. The van der Waals surface area contributed by atoms with Gasteiger partial charge in [0.15, 0.2) is 12.4 Å². The molecule has 1 aromatic rings. The molecule has 0 spiro atoms. The zero-order valence-corrected chi connectivity index (χ0v) is 10.1. The van der Waals surface area contributed by atoms with E-state index in [2.05, 4.69) is 42.9 Å². The van der Waals surface area contributed by atoms with Gasteiger partial charge in [-0.05, 0) is 19.9 Å². The number of rotatable bonds is 2. The second kappa shape index (κ2) is 6.53. The third-order valence-corrected chi connectivity index (χ3v) is 2.43. The molecule has 1 heterocycles. The zero-order valence-electron chi connectivity index (χ0n) is 9.30. The largest absolute Gasteiger partial charge is 0.748 e. The highest BCUT2D eigenvalue weighted by Crippen LogP contribution is 1.88. The van der Waals surface area contributed by atoms with E-state index in [1.54, 1.807) is 0 Å². The lowest BCUT2D eigenvalue weighted by Gasteiger charge is -1.97. The summed E-state index contributed by atoms with van der Waals surface area (Å²) in [7, 11) is -3.91. The van der Waals surface area contributed by atoms with E-state index in [0.29, 0.717) is 0 Å². The van der Waals surface area contributed by atoms with Gasteiger partial charge >= 0.3 is 0 Å². The van der Waals surface area contributed by atoms with E-state index >= 15 is 0 Å². The highest BCUT2D eigenvalue weighted by molar-refractivity contribution is 7.85. The molecule has 5 heteroatoms. The summed E-state index contributed by atoms with van der Waals surface area (Å²) in [6.07, 6.45) is 4.22. The molecule has 15 heavy (non-hydrogen) atoms. The van der Waals surface area contributed by atoms with Gasteiger partial charge in [-0.25, -0.2) is 13.0 Å². The van der Waals surface area contributed by atoms with Gasteiger partial charge in [-0.2, -0.15) is 0 Å². The van der Waals surface area contributed by atoms with Crippen molar-refractivity contribution >= 4 is 10.1 Å². The lowest BCUT2D eigenvalue weighted by Crippen LogP contribution is -2.30. The predicted molar refractivity (Wildman–Crippen MR) is 57.3 cm³/mol. The molecule has 1 aromatic heterocycles. The van der Waals surface area contributed by atoms with Crippen LogP contribution in [0.3, 0.4) is 0 Å². The van der Waals surface area contributed by atoms with Crippen molar-refractivity contribution in [2.75, 3.05) is 5.75 Å². The van der Waals surface area contributed by atoms with Crippen molar-refractivity contribution in [2.24, 2.45) is 0 Å². The minimum Gasteiger partial charge on any atom is -0.748 e. The monoisotopic (exact) mass is 231 g/mol. The molecule has 0 amide bonds. The van der Waals surface area contributed by atoms with Crippen LogP contribution >= 0.6 is 0 Å². The first kappa shape index (κ1) is 14.1. The maximum atomic E-state index is 9.44. The van der Waals surface area contributed by atoms with Crippen LogP contribution in [0.15, 0.2) is 24.5 Å². The molecule has 0 unspecified atom stereocenters. The lowest BCUT2D eigenvalue weighted by atomic mass is 10.3. The van der Waals surface area contributed by atoms with E-state index in [9.17, 15) is 13.0 Å². The van der Waals surface area contributed by atoms with Crippen molar-refractivity contribution in [3.05, 3.63) is 30.1 Å². The van der Waals surface area contributed by atoms with Gasteiger partial charge < -0.3 is 4.55 Å². The molecule has 86 valence electrons. The lowest BCUT2D eigenvalue weighted by molar-refractivity contribution is -0.693. The Labute approximate surface area is 91.3 Å². The quantitative estimate of drug-likeness (QED) is 0.560. The van der Waals surface area contributed by atoms with Crippen molar-refractivity contribution in [1.29, 1.82) is 0 Å². The minimum atomic E-state index is -3.91. The van der Waals surface area contributed by atoms with Gasteiger partial charge in [0, 0.05) is 17.4 Å². The Morgan fingerprint density at radius 1 is 1.40 bits per heavy atom. The molecule has 0 aliphatic heterocycles. The van der Waals surface area contributed by atoms with Crippen LogP contribution in [0.5, 0.6) is 0 Å². The summed E-state index contributed by atoms with van der Waals surface area (Å²) in [6, 6.07) is 4.17. The van der Waals surface area contributed by atoms with Gasteiger partial charge in [-0.1, -0.05) is 6.92 Å². The van der Waals surface area contributed by atoms with E-state index in [0.717, 1.165) is 6.54 Å². The van der Waals surface area contributed by atoms with Crippen LogP contribution in [0.2, 0.25) is 0 Å². The van der Waals surface area contributed by atoms with E-state index in [4.69, 9.17) is 0 Å². The molecule has 4 nitrogen and oxygen atoms in total. The van der Waals surface area contributed by atoms with E-state index in [1.807, 2.05) is 0 Å². The van der Waals surface area contributed by atoms with Crippen molar-refractivity contribution in [3.63, 3.8) is 0 Å². The number of hydrogen-bond acceptors (Lipinski definition) is 3. The van der Waals surface area contributed by atoms with Crippen LogP contribution in [-0.2, 0) is 16.7 Å². The van der Waals surface area contributed by atoms with Crippen molar-refractivity contribution in [2.45, 2.75) is 27.3 Å². The third-order valence-electron chi connectivity index (χ3n) is 1.72. The molecule has 0 aromatic carbocycles. The van der Waals surface area contributed by atoms with Gasteiger partial charge in [-0.15, -0.1) is 0 Å². The fraction of sp³-hybridized carbons (Fsp3) is 0.500. The average molecular weight is 231 g/mol. The highest BCUT2D eigenvalue weighted by Gasteiger charge is 1.92. The van der Waals surface area contributed by atoms with Crippen LogP contribution in [0.25, 0.3) is 0 Å². The molecule has 0 N–H and O–H groups in total. The Kier molecular flexibility index (Phi) is 6.12. The smallest absolute Gasteiger partial charge is 0.171 e. The SMILES string of the molecule is CCS(=O)(=O)[O-].CC[n+]1cccc(C)c1. The van der Waals surface area contributed by atoms with Gasteiger partial charge in [0.25, 0.3) is 0 Å². The summed E-state index contributed by atoms with van der Waals surface area (Å²) in [5, 5.41) is 0. The third kappa shape index (κ3) is 8.08. The fourth-order valence-electron chi connectivity index (χ4n) is 0.850. The van der Waals surface area contributed by atoms with Crippen molar-refractivity contribution in [3.8, 4) is 0 Å². The molecule has 1 rings (SSSR count). The first-order valence-electron chi connectivity index (χ1n) is 4.78. The van der Waals surface area contributed by atoms with Crippen LogP contribution in [0.4, 0.5) is 0 Å². The minimum absolute atomic E-state index is 0.312. The maximum absolute atomic E-state index is 9.44. The van der Waals surface area contributed by atoms with Crippen LogP contribution < -0.4 is 4.57 Å². The highest BCUT2D eigenvalue weighted by atomic mass is 32.2. The Balaban J connectivity index is 0.000000288. The summed E-state index contributed by atoms with van der Waals surface area (Å²) >= 11 is 0. The number of nitrogens with zero attached hydrogens (tertiary/aromatic N) is 1. The van der Waals surface area contributed by atoms with Gasteiger partial charge in [-0.3, -0.25) is 0 Å². The average Bonchev–Trinajstić information content (AvgIpc) is 2.18. The first-order valence-corrected chi connectivity index (χ1v) is 6.36. The van der Waals surface area contributed by atoms with Gasteiger partial charge in [0.1, 0.15) is 6.54 Å². The number of pyridine rings is 1. The zero-order chi connectivity index (χ0) is 11.9. The summed E-state index contributed by atoms with van der Waals surface area (Å²) in [5.41, 5.74) is 1.32. The van der Waals surface area contributed by atoms with E-state index < -0.39 is 10.1 Å². The second-order valence-electron chi connectivity index (χ2n) is 3.06. The molecule has 0 saturated heterocycles. The Morgan fingerprint density at radius 3 is 2.20 bits per heavy atom. The van der Waals surface area contributed by atoms with Gasteiger partial charge in [0.05, 0.1) is 10.1 Å². The number of aryl methyl sites for hydroxylation is 2. The Hall–Kier alpha value is -0.940.